The van der Waals surface area contributed by atoms with Crippen LogP contribution in [0.5, 0.6) is 0 Å². The monoisotopic (exact) mass is 634 g/mol. The second-order valence-corrected chi connectivity index (χ2v) is 13.3. The van der Waals surface area contributed by atoms with Crippen molar-refractivity contribution in [2.24, 2.45) is 0 Å². The first-order valence-electron chi connectivity index (χ1n) is 17.3. The Kier molecular flexibility index (Phi) is 5.70. The van der Waals surface area contributed by atoms with E-state index in [4.69, 9.17) is 0 Å². The Bertz CT molecular complexity index is 3110. The van der Waals surface area contributed by atoms with Crippen molar-refractivity contribution in [3.63, 3.8) is 0 Å². The Balaban J connectivity index is 1.23. The molecule has 0 aliphatic carbocycles. The van der Waals surface area contributed by atoms with E-state index in [9.17, 15) is 0 Å². The largest absolute Gasteiger partial charge is 0.309 e. The number of rotatable bonds is 3. The minimum absolute atomic E-state index is 1.16. The van der Waals surface area contributed by atoms with Crippen LogP contribution in [0.4, 0.5) is 0 Å². The summed E-state index contributed by atoms with van der Waals surface area (Å²) in [6.45, 7) is 0. The average molecular weight is 635 g/mol. The van der Waals surface area contributed by atoms with Crippen LogP contribution in [-0.2, 0) is 0 Å². The lowest BCUT2D eigenvalue weighted by Crippen LogP contribution is -1.97. The minimum atomic E-state index is 1.16. The molecule has 0 atom stereocenters. The summed E-state index contributed by atoms with van der Waals surface area (Å²) in [5.41, 5.74) is 9.60. The van der Waals surface area contributed by atoms with Crippen molar-refractivity contribution >= 4 is 75.9 Å². The van der Waals surface area contributed by atoms with E-state index >= 15 is 0 Å². The number of benzene rings is 9. The smallest absolute Gasteiger partial charge is 0.0619 e. The van der Waals surface area contributed by atoms with Gasteiger partial charge in [0, 0.05) is 38.5 Å². The number of fused-ring (bicyclic) bond motifs is 12. The molecule has 11 rings (SSSR count). The molecule has 0 aliphatic heterocycles. The fourth-order valence-electron chi connectivity index (χ4n) is 8.55. The summed E-state index contributed by atoms with van der Waals surface area (Å²) in [6, 6.07) is 66.8. The predicted molar refractivity (Wildman–Crippen MR) is 213 cm³/mol. The fraction of sp³-hybridized carbons (Fsp3) is 0. The molecule has 50 heavy (non-hydrogen) atoms. The molecule has 2 heteroatoms. The second-order valence-electron chi connectivity index (χ2n) is 13.3. The van der Waals surface area contributed by atoms with Crippen molar-refractivity contribution in [3.8, 4) is 22.5 Å². The molecule has 232 valence electrons. The minimum Gasteiger partial charge on any atom is -0.309 e. The molecule has 0 spiro atoms. The van der Waals surface area contributed by atoms with E-state index in [-0.39, 0.29) is 0 Å². The molecule has 9 aromatic carbocycles. The van der Waals surface area contributed by atoms with Crippen LogP contribution in [0.3, 0.4) is 0 Å². The highest BCUT2D eigenvalue weighted by molar-refractivity contribution is 6.26. The lowest BCUT2D eigenvalue weighted by atomic mass is 9.94. The van der Waals surface area contributed by atoms with E-state index in [1.54, 1.807) is 0 Å². The summed E-state index contributed by atoms with van der Waals surface area (Å²) < 4.78 is 4.89. The first-order valence-corrected chi connectivity index (χ1v) is 17.3. The van der Waals surface area contributed by atoms with Crippen LogP contribution in [0.2, 0.25) is 0 Å². The second kappa shape index (κ2) is 10.4. The number of para-hydroxylation sites is 4. The zero-order valence-electron chi connectivity index (χ0n) is 27.2. The first-order chi connectivity index (χ1) is 24.8. The van der Waals surface area contributed by atoms with Crippen LogP contribution >= 0.6 is 0 Å². The van der Waals surface area contributed by atoms with Gasteiger partial charge in [-0.3, -0.25) is 0 Å². The van der Waals surface area contributed by atoms with E-state index in [0.29, 0.717) is 0 Å². The van der Waals surface area contributed by atoms with Crippen LogP contribution < -0.4 is 0 Å². The number of nitrogens with zero attached hydrogens (tertiary/aromatic N) is 2. The Morgan fingerprint density at radius 1 is 0.260 bits per heavy atom. The average Bonchev–Trinajstić information content (AvgIpc) is 3.71. The molecule has 0 N–H and O–H groups in total. The van der Waals surface area contributed by atoms with Crippen LogP contribution in [0.15, 0.2) is 182 Å². The molecule has 0 saturated carbocycles. The van der Waals surface area contributed by atoms with Gasteiger partial charge < -0.3 is 9.13 Å². The Hall–Kier alpha value is -6.64. The molecular weight excluding hydrogens is 605 g/mol. The molecule has 2 aromatic heterocycles. The van der Waals surface area contributed by atoms with Gasteiger partial charge >= 0.3 is 0 Å². The van der Waals surface area contributed by atoms with Crippen LogP contribution in [0, 0.1) is 0 Å². The molecule has 2 heterocycles. The summed E-state index contributed by atoms with van der Waals surface area (Å²) in [5.74, 6) is 0. The quantitative estimate of drug-likeness (QED) is 0.171. The third kappa shape index (κ3) is 3.79. The molecule has 0 bridgehead atoms. The molecule has 0 radical (unpaired) electrons. The third-order valence-electron chi connectivity index (χ3n) is 10.7. The van der Waals surface area contributed by atoms with Gasteiger partial charge in [0.15, 0.2) is 0 Å². The number of aromatic nitrogens is 2. The van der Waals surface area contributed by atoms with Gasteiger partial charge in [-0.2, -0.15) is 0 Å². The van der Waals surface area contributed by atoms with Crippen molar-refractivity contribution in [3.05, 3.63) is 182 Å². The molecule has 0 aliphatic rings. The fourth-order valence-corrected chi connectivity index (χ4v) is 8.55. The van der Waals surface area contributed by atoms with Crippen molar-refractivity contribution in [2.45, 2.75) is 0 Å². The summed E-state index contributed by atoms with van der Waals surface area (Å²) in [5, 5.41) is 12.7. The summed E-state index contributed by atoms with van der Waals surface area (Å²) >= 11 is 0. The Morgan fingerprint density at radius 2 is 0.760 bits per heavy atom. The molecular formula is C48H30N2. The number of hydrogen-bond donors (Lipinski definition) is 0. The van der Waals surface area contributed by atoms with E-state index in [0.717, 1.165) is 5.69 Å². The summed E-state index contributed by atoms with van der Waals surface area (Å²) in [4.78, 5) is 0. The van der Waals surface area contributed by atoms with E-state index in [1.807, 2.05) is 0 Å². The Morgan fingerprint density at radius 3 is 1.46 bits per heavy atom. The molecule has 2 nitrogen and oxygen atoms in total. The van der Waals surface area contributed by atoms with Crippen LogP contribution in [0.1, 0.15) is 0 Å². The van der Waals surface area contributed by atoms with E-state index in [2.05, 4.69) is 191 Å². The van der Waals surface area contributed by atoms with Crippen molar-refractivity contribution in [1.82, 2.24) is 9.13 Å². The Labute approximate surface area is 288 Å². The first kappa shape index (κ1) is 27.3. The van der Waals surface area contributed by atoms with Gasteiger partial charge in [0.1, 0.15) is 0 Å². The lowest BCUT2D eigenvalue weighted by molar-refractivity contribution is 1.18. The lowest BCUT2D eigenvalue weighted by Gasteiger charge is -2.15. The molecule has 0 amide bonds. The van der Waals surface area contributed by atoms with Crippen molar-refractivity contribution < 1.29 is 0 Å². The highest BCUT2D eigenvalue weighted by Crippen LogP contribution is 2.42. The SMILES string of the molecule is c1ccc(-n2c3ccccc3c3ccc(-c4cccc5c6ccccc6n(-c6ccc7c8ccccc8c8ccccc8c7c6)c45)cc32)cc1. The van der Waals surface area contributed by atoms with Gasteiger partial charge in [-0.25, -0.2) is 0 Å². The summed E-state index contributed by atoms with van der Waals surface area (Å²) in [6.07, 6.45) is 0. The maximum absolute atomic E-state index is 2.49. The van der Waals surface area contributed by atoms with E-state index < -0.39 is 0 Å². The van der Waals surface area contributed by atoms with Gasteiger partial charge in [0.25, 0.3) is 0 Å². The zero-order valence-corrected chi connectivity index (χ0v) is 27.2. The standard InChI is InChI=1S/C48H30N2/c1-2-13-32(14-3-1)49-45-23-10-8-19-40(45)42-27-25-31(29-47(42)49)34-21-12-22-43-41-20-9-11-24-46(41)50(48(34)43)33-26-28-39-37-17-5-4-15-35(37)36-16-6-7-18-38(36)44(39)30-33/h1-30H. The highest BCUT2D eigenvalue weighted by atomic mass is 15.0. The molecule has 0 unspecified atom stereocenters. The van der Waals surface area contributed by atoms with Crippen molar-refractivity contribution in [1.29, 1.82) is 0 Å². The van der Waals surface area contributed by atoms with Crippen molar-refractivity contribution in [2.75, 3.05) is 0 Å². The third-order valence-corrected chi connectivity index (χ3v) is 10.7. The highest BCUT2D eigenvalue weighted by Gasteiger charge is 2.19. The zero-order chi connectivity index (χ0) is 32.8. The van der Waals surface area contributed by atoms with E-state index in [1.165, 1.54) is 92.7 Å². The van der Waals surface area contributed by atoms with Gasteiger partial charge in [0.2, 0.25) is 0 Å². The maximum Gasteiger partial charge on any atom is 0.0619 e. The molecule has 0 fully saturated rings. The van der Waals surface area contributed by atoms with Crippen LogP contribution in [0.25, 0.3) is 98.4 Å². The van der Waals surface area contributed by atoms with Crippen LogP contribution in [-0.4, -0.2) is 9.13 Å². The predicted octanol–water partition coefficient (Wildman–Crippen LogP) is 13.0. The van der Waals surface area contributed by atoms with Gasteiger partial charge in [-0.15, -0.1) is 0 Å². The number of hydrogen-bond acceptors (Lipinski definition) is 0. The summed E-state index contributed by atoms with van der Waals surface area (Å²) in [7, 11) is 0. The normalized spacial score (nSPS) is 12.0. The molecule has 0 saturated heterocycles. The maximum atomic E-state index is 2.49. The van der Waals surface area contributed by atoms with Gasteiger partial charge in [-0.1, -0.05) is 140 Å². The molecule has 11 aromatic rings. The topological polar surface area (TPSA) is 9.86 Å². The van der Waals surface area contributed by atoms with Gasteiger partial charge in [-0.05, 0) is 80.3 Å². The van der Waals surface area contributed by atoms with Gasteiger partial charge in [0.05, 0.1) is 22.1 Å².